The van der Waals surface area contributed by atoms with Crippen LogP contribution in [0.3, 0.4) is 0 Å². The van der Waals surface area contributed by atoms with E-state index in [9.17, 15) is 0 Å². The maximum absolute atomic E-state index is 3.85. The van der Waals surface area contributed by atoms with Gasteiger partial charge in [0.1, 0.15) is 0 Å². The molecule has 1 unspecified atom stereocenters. The van der Waals surface area contributed by atoms with E-state index < -0.39 is 0 Å². The van der Waals surface area contributed by atoms with Crippen LogP contribution in [-0.2, 0) is 21.1 Å². The Kier molecular flexibility index (Phi) is 9.42. The Morgan fingerprint density at radius 2 is 1.64 bits per heavy atom. The van der Waals surface area contributed by atoms with Crippen molar-refractivity contribution in [1.82, 2.24) is 4.90 Å². The third kappa shape index (κ3) is 8.56. The van der Waals surface area contributed by atoms with Crippen molar-refractivity contribution in [2.45, 2.75) is 39.7 Å². The van der Waals surface area contributed by atoms with Crippen LogP contribution in [0.1, 0.15) is 33.6 Å². The zero-order valence-corrected chi connectivity index (χ0v) is 11.1. The molecule has 1 atom stereocenters. The SMILES string of the molecule is [CH2-]N(C)C(C)CCC(C)C.[W]. The van der Waals surface area contributed by atoms with Crippen molar-refractivity contribution in [3.8, 4) is 0 Å². The van der Waals surface area contributed by atoms with Crippen LogP contribution in [0.4, 0.5) is 0 Å². The first-order valence-corrected chi connectivity index (χ1v) is 4.07. The third-order valence-electron chi connectivity index (χ3n) is 1.91. The third-order valence-corrected chi connectivity index (χ3v) is 1.91. The summed E-state index contributed by atoms with van der Waals surface area (Å²) < 4.78 is 0. The van der Waals surface area contributed by atoms with Gasteiger partial charge in [0.15, 0.2) is 0 Å². The number of rotatable bonds is 4. The Hall–Kier alpha value is 0.648. The molecule has 0 aromatic rings. The molecule has 2 heteroatoms. The molecule has 0 fully saturated rings. The van der Waals surface area contributed by atoms with Crippen LogP contribution < -0.4 is 0 Å². The molecule has 1 nitrogen and oxygen atoms in total. The van der Waals surface area contributed by atoms with E-state index in [4.69, 9.17) is 0 Å². The Morgan fingerprint density at radius 3 is 1.91 bits per heavy atom. The van der Waals surface area contributed by atoms with Crippen molar-refractivity contribution in [1.29, 1.82) is 0 Å². The summed E-state index contributed by atoms with van der Waals surface area (Å²) >= 11 is 0. The van der Waals surface area contributed by atoms with E-state index in [0.717, 1.165) is 5.92 Å². The minimum absolute atomic E-state index is 0. The fraction of sp³-hybridized carbons (Fsp3) is 0.889. The molecule has 68 valence electrons. The van der Waals surface area contributed by atoms with E-state index in [1.54, 1.807) is 0 Å². The maximum Gasteiger partial charge on any atom is 0 e. The largest absolute Gasteiger partial charge is 0.459 e. The van der Waals surface area contributed by atoms with E-state index in [2.05, 4.69) is 27.8 Å². The Bertz CT molecular complexity index is 81.6. The number of hydrogen-bond acceptors (Lipinski definition) is 1. The van der Waals surface area contributed by atoms with Gasteiger partial charge in [-0.05, 0) is 31.8 Å². The summed E-state index contributed by atoms with van der Waals surface area (Å²) in [5.41, 5.74) is 0. The van der Waals surface area contributed by atoms with Crippen molar-refractivity contribution >= 4 is 0 Å². The van der Waals surface area contributed by atoms with Crippen molar-refractivity contribution in [3.63, 3.8) is 0 Å². The fourth-order valence-electron chi connectivity index (χ4n) is 0.795. The summed E-state index contributed by atoms with van der Waals surface area (Å²) in [7, 11) is 5.88. The van der Waals surface area contributed by atoms with Gasteiger partial charge in [0.05, 0.1) is 0 Å². The Morgan fingerprint density at radius 1 is 1.18 bits per heavy atom. The molecule has 0 amide bonds. The zero-order valence-electron chi connectivity index (χ0n) is 8.13. The van der Waals surface area contributed by atoms with Gasteiger partial charge in [-0.3, -0.25) is 7.05 Å². The van der Waals surface area contributed by atoms with E-state index >= 15 is 0 Å². The first-order chi connectivity index (χ1) is 4.54. The molecule has 0 spiro atoms. The van der Waals surface area contributed by atoms with Crippen molar-refractivity contribution < 1.29 is 21.1 Å². The second kappa shape index (κ2) is 7.31. The molecule has 0 rings (SSSR count). The minimum atomic E-state index is 0. The number of nitrogens with zero attached hydrogens (tertiary/aromatic N) is 1. The van der Waals surface area contributed by atoms with Gasteiger partial charge in [-0.15, -0.1) is 0 Å². The summed E-state index contributed by atoms with van der Waals surface area (Å²) in [6.45, 7) is 6.74. The van der Waals surface area contributed by atoms with Crippen LogP contribution in [0.2, 0.25) is 0 Å². The minimum Gasteiger partial charge on any atom is -0.459 e. The maximum atomic E-state index is 3.85. The molecule has 0 N–H and O–H groups in total. The van der Waals surface area contributed by atoms with Gasteiger partial charge in [0.2, 0.25) is 0 Å². The first-order valence-electron chi connectivity index (χ1n) is 4.07. The Labute approximate surface area is 85.8 Å². The van der Waals surface area contributed by atoms with Crippen LogP contribution in [0.25, 0.3) is 0 Å². The number of hydrogen-bond donors (Lipinski definition) is 0. The van der Waals surface area contributed by atoms with Gasteiger partial charge in [-0.2, -0.15) is 0 Å². The van der Waals surface area contributed by atoms with Gasteiger partial charge >= 0.3 is 0 Å². The molecule has 0 aromatic carbocycles. The van der Waals surface area contributed by atoms with E-state index in [0.29, 0.717) is 6.04 Å². The Balaban J connectivity index is 0. The monoisotopic (exact) mass is 326 g/mol. The molecule has 0 aromatic heterocycles. The van der Waals surface area contributed by atoms with E-state index in [1.165, 1.54) is 12.8 Å². The van der Waals surface area contributed by atoms with Crippen LogP contribution in [0, 0.1) is 13.0 Å². The van der Waals surface area contributed by atoms with Gasteiger partial charge in [0.25, 0.3) is 0 Å². The average Bonchev–Trinajstić information content (AvgIpc) is 1.82. The van der Waals surface area contributed by atoms with E-state index in [1.807, 2.05) is 11.9 Å². The second-order valence-corrected chi connectivity index (χ2v) is 3.58. The summed E-state index contributed by atoms with van der Waals surface area (Å²) in [4.78, 5) is 2.03. The summed E-state index contributed by atoms with van der Waals surface area (Å²) in [6.07, 6.45) is 2.57. The molecular weight excluding hydrogens is 306 g/mol. The van der Waals surface area contributed by atoms with Crippen molar-refractivity contribution in [2.75, 3.05) is 7.05 Å². The molecule has 0 aliphatic heterocycles. The molecular formula is C9H20NW-. The smallest absolute Gasteiger partial charge is 0 e. The summed E-state index contributed by atoms with van der Waals surface area (Å²) in [5.74, 6) is 0.822. The predicted octanol–water partition coefficient (Wildman–Crippen LogP) is 2.53. The molecule has 0 radical (unpaired) electrons. The summed E-state index contributed by atoms with van der Waals surface area (Å²) in [6, 6.07) is 0.627. The zero-order chi connectivity index (χ0) is 8.15. The molecule has 11 heavy (non-hydrogen) atoms. The molecule has 0 saturated carbocycles. The van der Waals surface area contributed by atoms with Gasteiger partial charge in [-0.25, -0.2) is 0 Å². The van der Waals surface area contributed by atoms with Gasteiger partial charge in [-0.1, -0.05) is 20.8 Å². The topological polar surface area (TPSA) is 3.24 Å². The molecule has 0 saturated heterocycles. The van der Waals surface area contributed by atoms with Crippen molar-refractivity contribution in [2.24, 2.45) is 5.92 Å². The fourth-order valence-corrected chi connectivity index (χ4v) is 0.795. The average molecular weight is 326 g/mol. The van der Waals surface area contributed by atoms with Crippen molar-refractivity contribution in [3.05, 3.63) is 7.05 Å². The van der Waals surface area contributed by atoms with E-state index in [-0.39, 0.29) is 21.1 Å². The molecule has 0 heterocycles. The van der Waals surface area contributed by atoms with Crippen LogP contribution >= 0.6 is 0 Å². The van der Waals surface area contributed by atoms with Crippen LogP contribution in [0.5, 0.6) is 0 Å². The first kappa shape index (κ1) is 14.2. The summed E-state index contributed by atoms with van der Waals surface area (Å²) in [5, 5.41) is 0. The second-order valence-electron chi connectivity index (χ2n) is 3.58. The normalized spacial score (nSPS) is 13.4. The van der Waals surface area contributed by atoms with Crippen LogP contribution in [-0.4, -0.2) is 18.0 Å². The standard InChI is InChI=1S/C9H20N.W/c1-8(2)6-7-9(3)10(4)5;/h8-9H,4,6-7H2,1-3,5H3;/q-1;. The molecule has 0 aliphatic rings. The van der Waals surface area contributed by atoms with Crippen LogP contribution in [0.15, 0.2) is 0 Å². The van der Waals surface area contributed by atoms with Gasteiger partial charge < -0.3 is 4.90 Å². The quantitative estimate of drug-likeness (QED) is 0.718. The van der Waals surface area contributed by atoms with Gasteiger partial charge in [0, 0.05) is 21.1 Å². The molecule has 0 aliphatic carbocycles. The molecule has 0 bridgehead atoms. The predicted molar refractivity (Wildman–Crippen MR) is 46.7 cm³/mol.